The molecule has 0 saturated carbocycles. The monoisotopic (exact) mass is 400 g/mol. The van der Waals surface area contributed by atoms with Crippen molar-refractivity contribution in [2.75, 3.05) is 19.6 Å². The van der Waals surface area contributed by atoms with Gasteiger partial charge < -0.3 is 4.90 Å². The maximum atomic E-state index is 12.9. The maximum absolute atomic E-state index is 12.9. The zero-order chi connectivity index (χ0) is 21.1. The van der Waals surface area contributed by atoms with Gasteiger partial charge >= 0.3 is 0 Å². The van der Waals surface area contributed by atoms with Gasteiger partial charge in [-0.2, -0.15) is 5.10 Å². The molecule has 1 amide bonds. The summed E-state index contributed by atoms with van der Waals surface area (Å²) >= 11 is 0. The number of amides is 1. The highest BCUT2D eigenvalue weighted by Crippen LogP contribution is 2.18. The average Bonchev–Trinajstić information content (AvgIpc) is 3.21. The van der Waals surface area contributed by atoms with Crippen LogP contribution in [0.3, 0.4) is 0 Å². The lowest BCUT2D eigenvalue weighted by atomic mass is 10.0. The van der Waals surface area contributed by atoms with Gasteiger partial charge in [-0.3, -0.25) is 19.6 Å². The number of nitrogens with one attached hydrogen (secondary N) is 1. The number of carbonyl (C=O) groups is 2. The van der Waals surface area contributed by atoms with Gasteiger partial charge in [-0.25, -0.2) is 0 Å². The lowest BCUT2D eigenvalue weighted by Gasteiger charge is -2.40. The molecule has 1 aliphatic rings. The minimum Gasteiger partial charge on any atom is -0.337 e. The van der Waals surface area contributed by atoms with E-state index in [0.29, 0.717) is 30.6 Å². The first-order chi connectivity index (χ1) is 14.6. The summed E-state index contributed by atoms with van der Waals surface area (Å²) in [5.41, 5.74) is 4.26. The van der Waals surface area contributed by atoms with Gasteiger partial charge in [0.1, 0.15) is 6.29 Å². The van der Waals surface area contributed by atoms with Crippen LogP contribution >= 0.6 is 0 Å². The number of nitrogens with zero attached hydrogens (tertiary/aromatic N) is 3. The normalized spacial score (nSPS) is 17.1. The minimum absolute atomic E-state index is 0.114. The number of carbonyl (C=O) groups excluding carboxylic acids is 2. The number of aromatic amines is 1. The molecule has 1 aromatic heterocycles. The molecule has 30 heavy (non-hydrogen) atoms. The van der Waals surface area contributed by atoms with E-state index in [1.54, 1.807) is 12.3 Å². The number of hydrogen-bond acceptors (Lipinski definition) is 4. The number of terminal acetylenes is 1. The zero-order valence-corrected chi connectivity index (χ0v) is 17.0. The Morgan fingerprint density at radius 1 is 1.27 bits per heavy atom. The first-order valence-corrected chi connectivity index (χ1v) is 10.1. The predicted octanol–water partition coefficient (Wildman–Crippen LogP) is 2.63. The van der Waals surface area contributed by atoms with Crippen LogP contribution in [-0.2, 0) is 17.8 Å². The first kappa shape index (κ1) is 19.9. The van der Waals surface area contributed by atoms with Gasteiger partial charge in [0.25, 0.3) is 0 Å². The summed E-state index contributed by atoms with van der Waals surface area (Å²) in [4.78, 5) is 28.3. The minimum atomic E-state index is 0.114. The maximum Gasteiger partial charge on any atom is 0.227 e. The number of rotatable bonds is 5. The molecule has 2 aromatic carbocycles. The Kier molecular flexibility index (Phi) is 5.64. The number of aldehydes is 1. The predicted molar refractivity (Wildman–Crippen MR) is 116 cm³/mol. The van der Waals surface area contributed by atoms with Crippen LogP contribution in [0, 0.1) is 12.3 Å². The largest absolute Gasteiger partial charge is 0.337 e. The summed E-state index contributed by atoms with van der Waals surface area (Å²) in [6, 6.07) is 11.6. The quantitative estimate of drug-likeness (QED) is 0.528. The van der Waals surface area contributed by atoms with Crippen LogP contribution in [0.15, 0.2) is 42.6 Å². The molecule has 3 aromatic rings. The van der Waals surface area contributed by atoms with Crippen LogP contribution in [0.2, 0.25) is 0 Å². The van der Waals surface area contributed by atoms with Crippen LogP contribution in [0.4, 0.5) is 0 Å². The molecule has 2 heterocycles. The van der Waals surface area contributed by atoms with E-state index in [0.717, 1.165) is 41.4 Å². The van der Waals surface area contributed by atoms with Crippen molar-refractivity contribution in [3.63, 3.8) is 0 Å². The van der Waals surface area contributed by atoms with Gasteiger partial charge in [-0.15, -0.1) is 6.42 Å². The van der Waals surface area contributed by atoms with Crippen molar-refractivity contribution in [3.05, 3.63) is 64.8 Å². The van der Waals surface area contributed by atoms with Crippen LogP contribution < -0.4 is 0 Å². The average molecular weight is 400 g/mol. The Morgan fingerprint density at radius 2 is 2.13 bits per heavy atom. The van der Waals surface area contributed by atoms with Gasteiger partial charge in [0.15, 0.2) is 0 Å². The van der Waals surface area contributed by atoms with Crippen molar-refractivity contribution in [2.24, 2.45) is 0 Å². The van der Waals surface area contributed by atoms with Crippen molar-refractivity contribution < 1.29 is 9.59 Å². The van der Waals surface area contributed by atoms with E-state index in [1.165, 1.54) is 0 Å². The smallest absolute Gasteiger partial charge is 0.227 e. The number of piperazine rings is 1. The molecule has 0 aliphatic carbocycles. The molecule has 0 spiro atoms. The fourth-order valence-electron chi connectivity index (χ4n) is 4.14. The van der Waals surface area contributed by atoms with E-state index >= 15 is 0 Å². The second-order valence-electron chi connectivity index (χ2n) is 7.87. The molecular weight excluding hydrogens is 376 g/mol. The molecule has 1 atom stereocenters. The molecule has 6 nitrogen and oxygen atoms in total. The number of benzene rings is 2. The van der Waals surface area contributed by atoms with Gasteiger partial charge in [-0.05, 0) is 42.3 Å². The first-order valence-electron chi connectivity index (χ1n) is 10.1. The second kappa shape index (κ2) is 8.52. The summed E-state index contributed by atoms with van der Waals surface area (Å²) in [5, 5.41) is 8.02. The zero-order valence-electron chi connectivity index (χ0n) is 17.0. The number of aromatic nitrogens is 2. The van der Waals surface area contributed by atoms with E-state index in [2.05, 4.69) is 27.9 Å². The molecule has 4 rings (SSSR count). The summed E-state index contributed by atoms with van der Waals surface area (Å²) in [6.07, 6.45) is 8.49. The lowest BCUT2D eigenvalue weighted by molar-refractivity contribution is -0.135. The molecule has 1 aliphatic heterocycles. The van der Waals surface area contributed by atoms with Gasteiger partial charge in [0, 0.05) is 48.7 Å². The van der Waals surface area contributed by atoms with Crippen molar-refractivity contribution in [2.45, 2.75) is 25.9 Å². The fourth-order valence-corrected chi connectivity index (χ4v) is 4.14. The third-order valence-electron chi connectivity index (χ3n) is 5.62. The summed E-state index contributed by atoms with van der Waals surface area (Å²) in [6.45, 7) is 5.03. The highest BCUT2D eigenvalue weighted by molar-refractivity contribution is 5.83. The van der Waals surface area contributed by atoms with Crippen LogP contribution in [0.25, 0.3) is 10.9 Å². The van der Waals surface area contributed by atoms with Crippen molar-refractivity contribution in [3.8, 4) is 12.3 Å². The molecule has 6 heteroatoms. The molecular formula is C24H24N4O2. The lowest BCUT2D eigenvalue weighted by Crippen LogP contribution is -2.54. The SMILES string of the molecule is C#Cc1cc(C=O)cc(CN2CCN(C(=O)Cc3ccc4cn[nH]c4c3)[C@@H](C)C2)c1. The third-order valence-corrected chi connectivity index (χ3v) is 5.62. The molecule has 152 valence electrons. The molecule has 0 bridgehead atoms. The highest BCUT2D eigenvalue weighted by atomic mass is 16.2. The van der Waals surface area contributed by atoms with Crippen LogP contribution in [0.5, 0.6) is 0 Å². The van der Waals surface area contributed by atoms with E-state index < -0.39 is 0 Å². The second-order valence-corrected chi connectivity index (χ2v) is 7.87. The van der Waals surface area contributed by atoms with E-state index in [1.807, 2.05) is 35.2 Å². The van der Waals surface area contributed by atoms with Gasteiger partial charge in [0.2, 0.25) is 5.91 Å². The Hall–Kier alpha value is -3.43. The van der Waals surface area contributed by atoms with E-state index in [9.17, 15) is 9.59 Å². The van der Waals surface area contributed by atoms with E-state index in [4.69, 9.17) is 6.42 Å². The summed E-state index contributed by atoms with van der Waals surface area (Å²) < 4.78 is 0. The topological polar surface area (TPSA) is 69.3 Å². The Labute approximate surface area is 175 Å². The van der Waals surface area contributed by atoms with E-state index in [-0.39, 0.29) is 11.9 Å². The van der Waals surface area contributed by atoms with Gasteiger partial charge in [0.05, 0.1) is 18.1 Å². The van der Waals surface area contributed by atoms with Crippen LogP contribution in [0.1, 0.15) is 34.0 Å². The standard InChI is InChI=1S/C24H24N4O2/c1-3-18-8-20(10-21(9-18)16-29)15-27-6-7-28(17(2)14-27)24(30)12-19-4-5-22-13-25-26-23(22)11-19/h1,4-5,8-11,13,16-17H,6-7,12,14-15H2,2H3,(H,25,26)/t17-/m0/s1. The molecule has 1 saturated heterocycles. The molecule has 0 unspecified atom stereocenters. The third kappa shape index (κ3) is 4.27. The Bertz CT molecular complexity index is 1130. The molecule has 1 fully saturated rings. The number of H-pyrrole nitrogens is 1. The van der Waals surface area contributed by atoms with Gasteiger partial charge in [-0.1, -0.05) is 18.1 Å². The highest BCUT2D eigenvalue weighted by Gasteiger charge is 2.27. The summed E-state index contributed by atoms with van der Waals surface area (Å²) in [7, 11) is 0. The molecule has 0 radical (unpaired) electrons. The van der Waals surface area contributed by atoms with Crippen LogP contribution in [-0.4, -0.2) is 57.9 Å². The number of hydrogen-bond donors (Lipinski definition) is 1. The molecule has 1 N–H and O–H groups in total. The summed E-state index contributed by atoms with van der Waals surface area (Å²) in [5.74, 6) is 2.74. The Balaban J connectivity index is 1.38. The van der Waals surface area contributed by atoms with Crippen molar-refractivity contribution in [1.82, 2.24) is 20.0 Å². The van der Waals surface area contributed by atoms with Crippen molar-refractivity contribution >= 4 is 23.1 Å². The fraction of sp³-hybridized carbons (Fsp3) is 0.292. The Morgan fingerprint density at radius 3 is 2.90 bits per heavy atom. The van der Waals surface area contributed by atoms with Crippen molar-refractivity contribution in [1.29, 1.82) is 0 Å². The number of fused-ring (bicyclic) bond motifs is 1.